The summed E-state index contributed by atoms with van der Waals surface area (Å²) in [5.74, 6) is 0.512. The molecule has 8 heteroatoms. The van der Waals surface area contributed by atoms with Crippen LogP contribution in [0, 0.1) is 10.1 Å². The SMILES string of the molecule is O=C(NC1=Nc2ccccc2C2=NCCN12)c1ccccc1[N+](=O)[O-]. The fourth-order valence-electron chi connectivity index (χ4n) is 2.91. The van der Waals surface area contributed by atoms with Crippen LogP contribution in [-0.4, -0.2) is 40.6 Å². The van der Waals surface area contributed by atoms with E-state index in [-0.39, 0.29) is 11.3 Å². The van der Waals surface area contributed by atoms with Gasteiger partial charge >= 0.3 is 0 Å². The van der Waals surface area contributed by atoms with Crippen molar-refractivity contribution in [2.75, 3.05) is 13.1 Å². The highest BCUT2D eigenvalue weighted by Crippen LogP contribution is 2.28. The lowest BCUT2D eigenvalue weighted by molar-refractivity contribution is -0.385. The molecule has 4 rings (SSSR count). The third-order valence-electron chi connectivity index (χ3n) is 4.04. The van der Waals surface area contributed by atoms with Gasteiger partial charge in [0.15, 0.2) is 0 Å². The maximum atomic E-state index is 12.6. The van der Waals surface area contributed by atoms with E-state index in [9.17, 15) is 14.9 Å². The van der Waals surface area contributed by atoms with Crippen LogP contribution in [0.4, 0.5) is 11.4 Å². The Kier molecular flexibility index (Phi) is 3.50. The zero-order valence-corrected chi connectivity index (χ0v) is 13.0. The number of hydrogen-bond acceptors (Lipinski definition) is 6. The van der Waals surface area contributed by atoms with Gasteiger partial charge in [0.2, 0.25) is 5.96 Å². The predicted molar refractivity (Wildman–Crippen MR) is 92.2 cm³/mol. The Morgan fingerprint density at radius 2 is 1.92 bits per heavy atom. The Bertz CT molecular complexity index is 951. The van der Waals surface area contributed by atoms with Crippen molar-refractivity contribution in [1.82, 2.24) is 10.2 Å². The first-order valence-corrected chi connectivity index (χ1v) is 7.70. The molecule has 0 saturated heterocycles. The number of carbonyl (C=O) groups excluding carboxylic acids is 1. The summed E-state index contributed by atoms with van der Waals surface area (Å²) in [5.41, 5.74) is 1.36. The van der Waals surface area contributed by atoms with Crippen LogP contribution in [0.25, 0.3) is 0 Å². The van der Waals surface area contributed by atoms with Crippen molar-refractivity contribution in [2.45, 2.75) is 0 Å². The second-order valence-electron chi connectivity index (χ2n) is 5.54. The minimum Gasteiger partial charge on any atom is -0.294 e. The molecule has 0 unspecified atom stereocenters. The third kappa shape index (κ3) is 2.53. The van der Waals surface area contributed by atoms with Gasteiger partial charge in [0, 0.05) is 18.2 Å². The number of benzene rings is 2. The molecular formula is C17H13N5O3. The molecule has 2 aliphatic heterocycles. The summed E-state index contributed by atoms with van der Waals surface area (Å²) < 4.78 is 0. The summed E-state index contributed by atoms with van der Waals surface area (Å²) in [7, 11) is 0. The van der Waals surface area contributed by atoms with Crippen molar-refractivity contribution in [3.63, 3.8) is 0 Å². The Morgan fingerprint density at radius 1 is 1.16 bits per heavy atom. The molecule has 0 fully saturated rings. The van der Waals surface area contributed by atoms with Gasteiger partial charge in [0.05, 0.1) is 17.2 Å². The van der Waals surface area contributed by atoms with E-state index in [2.05, 4.69) is 15.3 Å². The molecule has 0 saturated carbocycles. The summed E-state index contributed by atoms with van der Waals surface area (Å²) in [6.07, 6.45) is 0. The molecule has 0 spiro atoms. The number of guanidine groups is 1. The number of rotatable bonds is 2. The quantitative estimate of drug-likeness (QED) is 0.671. The number of nitrogens with zero attached hydrogens (tertiary/aromatic N) is 4. The first-order valence-electron chi connectivity index (χ1n) is 7.70. The number of nitro benzene ring substituents is 1. The summed E-state index contributed by atoms with van der Waals surface area (Å²) >= 11 is 0. The molecule has 0 bridgehead atoms. The smallest absolute Gasteiger partial charge is 0.282 e. The Labute approximate surface area is 142 Å². The van der Waals surface area contributed by atoms with Crippen LogP contribution in [0.2, 0.25) is 0 Å². The van der Waals surface area contributed by atoms with Gasteiger partial charge in [0.1, 0.15) is 11.4 Å². The van der Waals surface area contributed by atoms with Crippen molar-refractivity contribution in [1.29, 1.82) is 0 Å². The Balaban J connectivity index is 1.70. The van der Waals surface area contributed by atoms with Crippen LogP contribution in [0.15, 0.2) is 58.5 Å². The number of amides is 1. The molecule has 8 nitrogen and oxygen atoms in total. The fourth-order valence-corrected chi connectivity index (χ4v) is 2.91. The minimum atomic E-state index is -0.574. The maximum absolute atomic E-state index is 12.6. The third-order valence-corrected chi connectivity index (χ3v) is 4.04. The van der Waals surface area contributed by atoms with Crippen LogP contribution in [-0.2, 0) is 0 Å². The van der Waals surface area contributed by atoms with Gasteiger partial charge < -0.3 is 0 Å². The number of nitrogens with one attached hydrogen (secondary N) is 1. The number of fused-ring (bicyclic) bond motifs is 3. The number of aliphatic imine (C=N–C) groups is 2. The lowest BCUT2D eigenvalue weighted by atomic mass is 10.1. The van der Waals surface area contributed by atoms with E-state index in [1.807, 2.05) is 29.2 Å². The first kappa shape index (κ1) is 15.0. The van der Waals surface area contributed by atoms with E-state index in [4.69, 9.17) is 0 Å². The van der Waals surface area contributed by atoms with Crippen molar-refractivity contribution in [2.24, 2.45) is 9.98 Å². The normalized spacial score (nSPS) is 15.0. The molecule has 2 heterocycles. The van der Waals surface area contributed by atoms with Crippen LogP contribution >= 0.6 is 0 Å². The average molecular weight is 335 g/mol. The highest BCUT2D eigenvalue weighted by molar-refractivity contribution is 6.19. The average Bonchev–Trinajstić information content (AvgIpc) is 3.12. The second kappa shape index (κ2) is 5.82. The van der Waals surface area contributed by atoms with E-state index in [1.54, 1.807) is 6.07 Å². The van der Waals surface area contributed by atoms with Gasteiger partial charge in [-0.15, -0.1) is 0 Å². The molecule has 0 atom stereocenters. The van der Waals surface area contributed by atoms with Crippen molar-refractivity contribution < 1.29 is 9.72 Å². The van der Waals surface area contributed by atoms with Gasteiger partial charge in [-0.25, -0.2) is 4.99 Å². The Morgan fingerprint density at radius 3 is 2.76 bits per heavy atom. The van der Waals surface area contributed by atoms with Gasteiger partial charge in [-0.2, -0.15) is 0 Å². The molecule has 1 amide bonds. The Hall–Kier alpha value is -3.55. The topological polar surface area (TPSA) is 100 Å². The first-order chi connectivity index (χ1) is 12.1. The molecular weight excluding hydrogens is 322 g/mol. The van der Waals surface area contributed by atoms with Gasteiger partial charge in [-0.1, -0.05) is 24.3 Å². The van der Waals surface area contributed by atoms with Crippen molar-refractivity contribution in [3.8, 4) is 0 Å². The van der Waals surface area contributed by atoms with E-state index in [0.29, 0.717) is 24.7 Å². The number of hydrogen-bond donors (Lipinski definition) is 1. The zero-order valence-electron chi connectivity index (χ0n) is 13.0. The molecule has 124 valence electrons. The number of para-hydroxylation sites is 2. The van der Waals surface area contributed by atoms with Crippen LogP contribution in [0.5, 0.6) is 0 Å². The van der Waals surface area contributed by atoms with Crippen LogP contribution in [0.3, 0.4) is 0 Å². The molecule has 2 aliphatic rings. The maximum Gasteiger partial charge on any atom is 0.282 e. The van der Waals surface area contributed by atoms with E-state index >= 15 is 0 Å². The van der Waals surface area contributed by atoms with Gasteiger partial charge in [0.25, 0.3) is 11.6 Å². The van der Waals surface area contributed by atoms with Gasteiger partial charge in [-0.05, 0) is 18.2 Å². The highest BCUT2D eigenvalue weighted by Gasteiger charge is 2.31. The van der Waals surface area contributed by atoms with Gasteiger partial charge in [-0.3, -0.25) is 30.1 Å². The second-order valence-corrected chi connectivity index (χ2v) is 5.54. The molecule has 0 radical (unpaired) electrons. The summed E-state index contributed by atoms with van der Waals surface area (Å²) in [5, 5.41) is 13.8. The lowest BCUT2D eigenvalue weighted by Crippen LogP contribution is -2.47. The van der Waals surface area contributed by atoms with Crippen molar-refractivity contribution in [3.05, 3.63) is 69.8 Å². The molecule has 25 heavy (non-hydrogen) atoms. The monoisotopic (exact) mass is 335 g/mol. The molecule has 0 aromatic heterocycles. The predicted octanol–water partition coefficient (Wildman–Crippen LogP) is 2.09. The summed E-state index contributed by atoms with van der Waals surface area (Å²) in [6, 6.07) is 13.4. The van der Waals surface area contributed by atoms with Crippen LogP contribution in [0.1, 0.15) is 15.9 Å². The largest absolute Gasteiger partial charge is 0.294 e. The molecule has 2 aromatic rings. The number of amidine groups is 1. The lowest BCUT2D eigenvalue weighted by Gasteiger charge is -2.27. The molecule has 0 aliphatic carbocycles. The zero-order chi connectivity index (χ0) is 17.4. The van der Waals surface area contributed by atoms with Crippen molar-refractivity contribution >= 4 is 29.1 Å². The summed E-state index contributed by atoms with van der Waals surface area (Å²) in [4.78, 5) is 33.9. The fraction of sp³-hybridized carbons (Fsp3) is 0.118. The number of nitro groups is 1. The van der Waals surface area contributed by atoms with E-state index in [1.165, 1.54) is 18.2 Å². The molecule has 2 aromatic carbocycles. The van der Waals surface area contributed by atoms with E-state index in [0.717, 1.165) is 11.4 Å². The minimum absolute atomic E-state index is 0.00764. The summed E-state index contributed by atoms with van der Waals surface area (Å²) in [6.45, 7) is 1.20. The van der Waals surface area contributed by atoms with Crippen LogP contribution < -0.4 is 5.32 Å². The molecule has 1 N–H and O–H groups in total. The highest BCUT2D eigenvalue weighted by atomic mass is 16.6. The number of carbonyl (C=O) groups is 1. The van der Waals surface area contributed by atoms with E-state index < -0.39 is 10.8 Å². The standard InChI is InChI=1S/C17H13N5O3/c23-16(12-6-2-4-8-14(12)22(24)25)20-17-19-13-7-3-1-5-11(13)15-18-9-10-21(15)17/h1-8H,9-10H2,(H,19,20,23).